The zero-order valence-corrected chi connectivity index (χ0v) is 10.0. The fourth-order valence-electron chi connectivity index (χ4n) is 2.76. The van der Waals surface area contributed by atoms with E-state index < -0.39 is 0 Å². The van der Waals surface area contributed by atoms with Crippen molar-refractivity contribution in [2.45, 2.75) is 32.2 Å². The quantitative estimate of drug-likeness (QED) is 0.728. The lowest BCUT2D eigenvalue weighted by molar-refractivity contribution is 0.0966. The summed E-state index contributed by atoms with van der Waals surface area (Å²) in [6, 6.07) is 0.812. The second-order valence-electron chi connectivity index (χ2n) is 4.82. The topological polar surface area (TPSA) is 18.5 Å². The first-order chi connectivity index (χ1) is 7.40. The standard InChI is InChI=1S/C12H25N3/c1-2-14-7-9-15(10-8-14)12-5-3-4-6-13-11-12/h12-13H,2-11H2,1H3. The normalized spacial score (nSPS) is 31.4. The molecule has 0 saturated carbocycles. The minimum absolute atomic E-state index is 0.812. The van der Waals surface area contributed by atoms with Gasteiger partial charge in [0.2, 0.25) is 0 Å². The van der Waals surface area contributed by atoms with Crippen molar-refractivity contribution in [3.63, 3.8) is 0 Å². The molecule has 0 amide bonds. The molecule has 3 nitrogen and oxygen atoms in total. The van der Waals surface area contributed by atoms with E-state index in [0.717, 1.165) is 6.04 Å². The molecule has 88 valence electrons. The van der Waals surface area contributed by atoms with E-state index in [4.69, 9.17) is 0 Å². The molecule has 2 fully saturated rings. The number of piperazine rings is 1. The average molecular weight is 211 g/mol. The Morgan fingerprint density at radius 2 is 1.93 bits per heavy atom. The highest BCUT2D eigenvalue weighted by Gasteiger charge is 2.23. The second kappa shape index (κ2) is 5.83. The number of hydrogen-bond acceptors (Lipinski definition) is 3. The third-order valence-corrected chi connectivity index (χ3v) is 3.89. The molecule has 3 heteroatoms. The Morgan fingerprint density at radius 1 is 1.13 bits per heavy atom. The smallest absolute Gasteiger partial charge is 0.0221 e. The van der Waals surface area contributed by atoms with Crippen molar-refractivity contribution >= 4 is 0 Å². The van der Waals surface area contributed by atoms with Crippen molar-refractivity contribution in [1.29, 1.82) is 0 Å². The van der Waals surface area contributed by atoms with Crippen molar-refractivity contribution in [2.24, 2.45) is 0 Å². The van der Waals surface area contributed by atoms with Gasteiger partial charge in [0.25, 0.3) is 0 Å². The molecule has 2 rings (SSSR count). The van der Waals surface area contributed by atoms with Crippen LogP contribution in [-0.4, -0.2) is 61.7 Å². The van der Waals surface area contributed by atoms with Gasteiger partial charge in [-0.2, -0.15) is 0 Å². The Kier molecular flexibility index (Phi) is 4.42. The van der Waals surface area contributed by atoms with Crippen LogP contribution in [0.3, 0.4) is 0 Å². The van der Waals surface area contributed by atoms with Crippen LogP contribution in [0.5, 0.6) is 0 Å². The number of likely N-dealkylation sites (N-methyl/N-ethyl adjacent to an activating group) is 1. The molecule has 1 atom stereocenters. The third-order valence-electron chi connectivity index (χ3n) is 3.89. The first-order valence-corrected chi connectivity index (χ1v) is 6.57. The summed E-state index contributed by atoms with van der Waals surface area (Å²) < 4.78 is 0. The van der Waals surface area contributed by atoms with Crippen molar-refractivity contribution < 1.29 is 0 Å². The van der Waals surface area contributed by atoms with Crippen molar-refractivity contribution in [3.8, 4) is 0 Å². The summed E-state index contributed by atoms with van der Waals surface area (Å²) >= 11 is 0. The van der Waals surface area contributed by atoms with E-state index in [1.807, 2.05) is 0 Å². The Bertz CT molecular complexity index is 168. The fourth-order valence-corrected chi connectivity index (χ4v) is 2.76. The summed E-state index contributed by atoms with van der Waals surface area (Å²) in [5.41, 5.74) is 0. The molecule has 0 aliphatic carbocycles. The molecule has 0 aromatic heterocycles. The molecule has 2 heterocycles. The van der Waals surface area contributed by atoms with Crippen molar-refractivity contribution in [3.05, 3.63) is 0 Å². The average Bonchev–Trinajstić information content (AvgIpc) is 2.58. The molecule has 2 aliphatic rings. The van der Waals surface area contributed by atoms with Crippen LogP contribution < -0.4 is 5.32 Å². The number of nitrogens with zero attached hydrogens (tertiary/aromatic N) is 2. The van der Waals surface area contributed by atoms with E-state index in [-0.39, 0.29) is 0 Å². The minimum atomic E-state index is 0.812. The highest BCUT2D eigenvalue weighted by atomic mass is 15.3. The lowest BCUT2D eigenvalue weighted by atomic mass is 10.1. The summed E-state index contributed by atoms with van der Waals surface area (Å²) in [4.78, 5) is 5.26. The molecule has 2 aliphatic heterocycles. The predicted molar refractivity (Wildman–Crippen MR) is 64.2 cm³/mol. The van der Waals surface area contributed by atoms with E-state index >= 15 is 0 Å². The van der Waals surface area contributed by atoms with Gasteiger partial charge in [0, 0.05) is 38.8 Å². The zero-order chi connectivity index (χ0) is 10.5. The summed E-state index contributed by atoms with van der Waals surface area (Å²) in [7, 11) is 0. The fraction of sp³-hybridized carbons (Fsp3) is 1.00. The molecule has 1 N–H and O–H groups in total. The van der Waals surface area contributed by atoms with Crippen LogP contribution in [0.15, 0.2) is 0 Å². The minimum Gasteiger partial charge on any atom is -0.315 e. The van der Waals surface area contributed by atoms with E-state index in [9.17, 15) is 0 Å². The summed E-state index contributed by atoms with van der Waals surface area (Å²) in [6.07, 6.45) is 4.18. The molecule has 15 heavy (non-hydrogen) atoms. The van der Waals surface area contributed by atoms with E-state index in [0.29, 0.717) is 0 Å². The van der Waals surface area contributed by atoms with Crippen LogP contribution in [0.4, 0.5) is 0 Å². The third kappa shape index (κ3) is 3.16. The Hall–Kier alpha value is -0.120. The monoisotopic (exact) mass is 211 g/mol. The second-order valence-corrected chi connectivity index (χ2v) is 4.82. The van der Waals surface area contributed by atoms with Gasteiger partial charge in [-0.1, -0.05) is 13.3 Å². The molecule has 0 radical (unpaired) electrons. The maximum absolute atomic E-state index is 3.56. The lowest BCUT2D eigenvalue weighted by Gasteiger charge is -2.38. The van der Waals surface area contributed by atoms with Gasteiger partial charge >= 0.3 is 0 Å². The largest absolute Gasteiger partial charge is 0.315 e. The van der Waals surface area contributed by atoms with E-state index in [1.165, 1.54) is 65.1 Å². The Labute approximate surface area is 93.8 Å². The van der Waals surface area contributed by atoms with Gasteiger partial charge < -0.3 is 10.2 Å². The number of rotatable bonds is 2. The molecular formula is C12H25N3. The Morgan fingerprint density at radius 3 is 2.67 bits per heavy atom. The predicted octanol–water partition coefficient (Wildman–Crippen LogP) is 0.766. The molecule has 0 bridgehead atoms. The molecule has 0 spiro atoms. The highest BCUT2D eigenvalue weighted by Crippen LogP contribution is 2.13. The molecule has 0 aromatic carbocycles. The van der Waals surface area contributed by atoms with Crippen LogP contribution in [0.1, 0.15) is 26.2 Å². The van der Waals surface area contributed by atoms with Crippen LogP contribution in [0.2, 0.25) is 0 Å². The molecule has 0 aromatic rings. The van der Waals surface area contributed by atoms with E-state index in [2.05, 4.69) is 22.0 Å². The SMILES string of the molecule is CCN1CCN(C2CCCCNC2)CC1. The summed E-state index contributed by atoms with van der Waals surface area (Å²) in [5, 5.41) is 3.56. The first-order valence-electron chi connectivity index (χ1n) is 6.57. The van der Waals surface area contributed by atoms with Gasteiger partial charge in [-0.15, -0.1) is 0 Å². The van der Waals surface area contributed by atoms with Gasteiger partial charge in [-0.05, 0) is 25.9 Å². The highest BCUT2D eigenvalue weighted by molar-refractivity contribution is 4.81. The Balaban J connectivity index is 1.78. The number of hydrogen-bond donors (Lipinski definition) is 1. The van der Waals surface area contributed by atoms with Crippen LogP contribution in [-0.2, 0) is 0 Å². The number of nitrogens with one attached hydrogen (secondary N) is 1. The van der Waals surface area contributed by atoms with Gasteiger partial charge in [-0.3, -0.25) is 4.90 Å². The van der Waals surface area contributed by atoms with Crippen molar-refractivity contribution in [1.82, 2.24) is 15.1 Å². The lowest BCUT2D eigenvalue weighted by Crippen LogP contribution is -2.52. The zero-order valence-electron chi connectivity index (χ0n) is 10.0. The molecule has 1 unspecified atom stereocenters. The van der Waals surface area contributed by atoms with Gasteiger partial charge in [0.05, 0.1) is 0 Å². The summed E-state index contributed by atoms with van der Waals surface area (Å²) in [6.45, 7) is 11.0. The van der Waals surface area contributed by atoms with Gasteiger partial charge in [-0.25, -0.2) is 0 Å². The van der Waals surface area contributed by atoms with Crippen LogP contribution in [0.25, 0.3) is 0 Å². The van der Waals surface area contributed by atoms with Crippen molar-refractivity contribution in [2.75, 3.05) is 45.8 Å². The summed E-state index contributed by atoms with van der Waals surface area (Å²) in [5.74, 6) is 0. The molecule has 2 saturated heterocycles. The first kappa shape index (κ1) is 11.4. The maximum atomic E-state index is 3.56. The molecular weight excluding hydrogens is 186 g/mol. The van der Waals surface area contributed by atoms with Crippen LogP contribution in [0, 0.1) is 0 Å². The maximum Gasteiger partial charge on any atom is 0.0221 e. The van der Waals surface area contributed by atoms with Crippen LogP contribution >= 0.6 is 0 Å². The van der Waals surface area contributed by atoms with Gasteiger partial charge in [0.1, 0.15) is 0 Å². The van der Waals surface area contributed by atoms with Gasteiger partial charge in [0.15, 0.2) is 0 Å². The van der Waals surface area contributed by atoms with E-state index in [1.54, 1.807) is 0 Å².